The number of hydrogen-bond acceptors (Lipinski definition) is 0. The van der Waals surface area contributed by atoms with Crippen LogP contribution in [-0.2, 0) is 0 Å². The zero-order chi connectivity index (χ0) is 8.23. The second-order valence-electron chi connectivity index (χ2n) is 2.80. The lowest BCUT2D eigenvalue weighted by molar-refractivity contribution is 1.28. The van der Waals surface area contributed by atoms with Crippen molar-refractivity contribution >= 4 is 5.57 Å². The molecule has 0 aliphatic heterocycles. The molecule has 1 aliphatic carbocycles. The molecule has 58 valence electrons. The molecule has 0 amide bonds. The van der Waals surface area contributed by atoms with Crippen LogP contribution in [0.4, 0.5) is 0 Å². The Bertz CT molecular complexity index is 304. The van der Waals surface area contributed by atoms with E-state index in [4.69, 9.17) is 0 Å². The van der Waals surface area contributed by atoms with Crippen molar-refractivity contribution in [2.45, 2.75) is 6.42 Å². The summed E-state index contributed by atoms with van der Waals surface area (Å²) in [4.78, 5) is 0. The predicted molar refractivity (Wildman–Crippen MR) is 51.4 cm³/mol. The molecule has 0 fully saturated rings. The van der Waals surface area contributed by atoms with E-state index in [0.29, 0.717) is 0 Å². The summed E-state index contributed by atoms with van der Waals surface area (Å²) in [6.07, 6.45) is 10.3. The number of rotatable bonds is 1. The van der Waals surface area contributed by atoms with Crippen LogP contribution < -0.4 is 0 Å². The van der Waals surface area contributed by atoms with Gasteiger partial charge in [-0.1, -0.05) is 48.6 Å². The number of hydrogen-bond donors (Lipinski definition) is 0. The summed E-state index contributed by atoms with van der Waals surface area (Å²) in [5.41, 5.74) is 2.65. The van der Waals surface area contributed by atoms with Crippen LogP contribution in [-0.4, -0.2) is 0 Å². The third kappa shape index (κ3) is 1.48. The number of benzene rings is 1. The van der Waals surface area contributed by atoms with Gasteiger partial charge in [-0.2, -0.15) is 0 Å². The molecule has 0 nitrogen and oxygen atoms in total. The summed E-state index contributed by atoms with van der Waals surface area (Å²) < 4.78 is 0. The first-order valence-electron chi connectivity index (χ1n) is 4.11. The van der Waals surface area contributed by atoms with E-state index < -0.39 is 0 Å². The normalized spacial score (nSPS) is 15.8. The molecule has 0 bridgehead atoms. The van der Waals surface area contributed by atoms with Crippen molar-refractivity contribution in [2.24, 2.45) is 0 Å². The van der Waals surface area contributed by atoms with Gasteiger partial charge in [-0.3, -0.25) is 0 Å². The van der Waals surface area contributed by atoms with Crippen LogP contribution >= 0.6 is 0 Å². The van der Waals surface area contributed by atoms with Gasteiger partial charge < -0.3 is 0 Å². The second-order valence-corrected chi connectivity index (χ2v) is 2.80. The van der Waals surface area contributed by atoms with E-state index in [-0.39, 0.29) is 0 Å². The third-order valence-corrected chi connectivity index (χ3v) is 1.95. The highest BCUT2D eigenvalue weighted by Gasteiger charge is 2.01. The van der Waals surface area contributed by atoms with Crippen LogP contribution in [0, 0.1) is 6.42 Å². The Hall–Kier alpha value is -1.30. The van der Waals surface area contributed by atoms with Gasteiger partial charge in [0.25, 0.3) is 0 Å². The molecule has 0 saturated heterocycles. The number of allylic oxidation sites excluding steroid dienone is 4. The first kappa shape index (κ1) is 7.35. The van der Waals surface area contributed by atoms with Crippen molar-refractivity contribution in [3.05, 3.63) is 60.5 Å². The Kier molecular flexibility index (Phi) is 2.08. The molecule has 1 aliphatic rings. The second kappa shape index (κ2) is 3.40. The molecule has 1 aromatic carbocycles. The van der Waals surface area contributed by atoms with Crippen LogP contribution in [0.2, 0.25) is 0 Å². The van der Waals surface area contributed by atoms with Crippen molar-refractivity contribution in [1.82, 2.24) is 0 Å². The lowest BCUT2D eigenvalue weighted by atomic mass is 9.98. The largest absolute Gasteiger partial charge is 0.0761 e. The summed E-state index contributed by atoms with van der Waals surface area (Å²) in [6, 6.07) is 10.4. The Morgan fingerprint density at radius 2 is 1.92 bits per heavy atom. The van der Waals surface area contributed by atoms with Gasteiger partial charge in [0.05, 0.1) is 0 Å². The smallest absolute Gasteiger partial charge is 0.0131 e. The van der Waals surface area contributed by atoms with E-state index in [1.54, 1.807) is 0 Å². The zero-order valence-corrected chi connectivity index (χ0v) is 6.83. The highest BCUT2D eigenvalue weighted by molar-refractivity contribution is 5.69. The maximum atomic E-state index is 3.18. The molecule has 2 rings (SSSR count). The molecule has 12 heavy (non-hydrogen) atoms. The summed E-state index contributed by atoms with van der Waals surface area (Å²) in [5.74, 6) is 0. The van der Waals surface area contributed by atoms with E-state index >= 15 is 0 Å². The summed E-state index contributed by atoms with van der Waals surface area (Å²) in [7, 11) is 0. The molecule has 0 atom stereocenters. The van der Waals surface area contributed by atoms with Crippen molar-refractivity contribution < 1.29 is 0 Å². The topological polar surface area (TPSA) is 0 Å². The van der Waals surface area contributed by atoms with Crippen LogP contribution in [0.5, 0.6) is 0 Å². The van der Waals surface area contributed by atoms with Crippen molar-refractivity contribution in [1.29, 1.82) is 0 Å². The molecule has 0 saturated carbocycles. The van der Waals surface area contributed by atoms with Gasteiger partial charge in [0.15, 0.2) is 0 Å². The van der Waals surface area contributed by atoms with E-state index in [1.165, 1.54) is 11.1 Å². The fourth-order valence-electron chi connectivity index (χ4n) is 1.31. The van der Waals surface area contributed by atoms with Gasteiger partial charge in [0, 0.05) is 6.42 Å². The zero-order valence-electron chi connectivity index (χ0n) is 6.83. The summed E-state index contributed by atoms with van der Waals surface area (Å²) in [6.45, 7) is 0. The lowest BCUT2D eigenvalue weighted by Crippen LogP contribution is -1.87. The fraction of sp³-hybridized carbons (Fsp3) is 0.0833. The first-order valence-corrected chi connectivity index (χ1v) is 4.11. The summed E-state index contributed by atoms with van der Waals surface area (Å²) in [5, 5.41) is 0. The van der Waals surface area contributed by atoms with Crippen LogP contribution in [0.15, 0.2) is 48.6 Å². The van der Waals surface area contributed by atoms with Crippen LogP contribution in [0.25, 0.3) is 5.57 Å². The van der Waals surface area contributed by atoms with E-state index in [1.807, 2.05) is 18.2 Å². The standard InChI is InChI=1S/C12H10/c1-3-7-11(8-4-1)12-9-5-2-6-10-12/h1-5,7-9H,10H2. The SMILES string of the molecule is [C]1C=CC=C(c2ccccc2)C1. The predicted octanol–water partition coefficient (Wildman–Crippen LogP) is 3.11. The monoisotopic (exact) mass is 154 g/mol. The first-order chi connectivity index (χ1) is 5.97. The minimum atomic E-state index is 0.931. The highest BCUT2D eigenvalue weighted by atomic mass is 14.1. The van der Waals surface area contributed by atoms with Gasteiger partial charge >= 0.3 is 0 Å². The maximum Gasteiger partial charge on any atom is 0.0131 e. The molecule has 0 unspecified atom stereocenters. The third-order valence-electron chi connectivity index (χ3n) is 1.95. The van der Waals surface area contributed by atoms with Crippen LogP contribution in [0.3, 0.4) is 0 Å². The van der Waals surface area contributed by atoms with Gasteiger partial charge in [-0.15, -0.1) is 0 Å². The van der Waals surface area contributed by atoms with Gasteiger partial charge in [0.2, 0.25) is 0 Å². The maximum absolute atomic E-state index is 3.18. The van der Waals surface area contributed by atoms with Gasteiger partial charge in [-0.25, -0.2) is 0 Å². The molecule has 0 N–H and O–H groups in total. The van der Waals surface area contributed by atoms with E-state index in [9.17, 15) is 0 Å². The Morgan fingerprint density at radius 1 is 1.08 bits per heavy atom. The van der Waals surface area contributed by atoms with Gasteiger partial charge in [-0.05, 0) is 17.6 Å². The Labute approximate surface area is 73.2 Å². The average molecular weight is 154 g/mol. The highest BCUT2D eigenvalue weighted by Crippen LogP contribution is 2.21. The molecule has 0 heterocycles. The average Bonchev–Trinajstić information content (AvgIpc) is 2.21. The van der Waals surface area contributed by atoms with Crippen molar-refractivity contribution in [2.75, 3.05) is 0 Å². The molecule has 0 heteroatoms. The van der Waals surface area contributed by atoms with Crippen molar-refractivity contribution in [3.8, 4) is 0 Å². The molecular formula is C12H10. The van der Waals surface area contributed by atoms with Crippen LogP contribution in [0.1, 0.15) is 12.0 Å². The molecule has 0 aromatic heterocycles. The lowest BCUT2D eigenvalue weighted by Gasteiger charge is -2.07. The minimum Gasteiger partial charge on any atom is -0.0761 e. The molecule has 0 spiro atoms. The molecular weight excluding hydrogens is 144 g/mol. The fourth-order valence-corrected chi connectivity index (χ4v) is 1.31. The van der Waals surface area contributed by atoms with Crippen molar-refractivity contribution in [3.63, 3.8) is 0 Å². The van der Waals surface area contributed by atoms with E-state index in [2.05, 4.69) is 36.8 Å². The Balaban J connectivity index is 2.31. The quantitative estimate of drug-likeness (QED) is 0.583. The summed E-state index contributed by atoms with van der Waals surface area (Å²) >= 11 is 0. The van der Waals surface area contributed by atoms with Gasteiger partial charge in [0.1, 0.15) is 0 Å². The molecule has 1 aromatic rings. The molecule has 2 radical (unpaired) electrons. The minimum absolute atomic E-state index is 0.931. The van der Waals surface area contributed by atoms with E-state index in [0.717, 1.165) is 6.42 Å². The Morgan fingerprint density at radius 3 is 2.58 bits per heavy atom.